The van der Waals surface area contributed by atoms with Gasteiger partial charge in [0.1, 0.15) is 5.75 Å². The van der Waals surface area contributed by atoms with Crippen molar-refractivity contribution in [3.63, 3.8) is 0 Å². The Labute approximate surface area is 150 Å². The molecule has 138 valence electrons. The van der Waals surface area contributed by atoms with Crippen molar-refractivity contribution in [3.05, 3.63) is 29.8 Å². The minimum absolute atomic E-state index is 0.0323. The molecule has 0 spiro atoms. The van der Waals surface area contributed by atoms with Gasteiger partial charge in [0, 0.05) is 38.2 Å². The zero-order valence-electron chi connectivity index (χ0n) is 15.5. The van der Waals surface area contributed by atoms with Crippen molar-refractivity contribution in [1.82, 2.24) is 9.80 Å². The first-order valence-electron chi connectivity index (χ1n) is 9.45. The van der Waals surface area contributed by atoms with E-state index in [2.05, 4.69) is 6.92 Å². The second kappa shape index (κ2) is 10.1. The molecule has 0 radical (unpaired) electrons. The van der Waals surface area contributed by atoms with Gasteiger partial charge in [-0.2, -0.15) is 0 Å². The van der Waals surface area contributed by atoms with Crippen LogP contribution in [0.3, 0.4) is 0 Å². The summed E-state index contributed by atoms with van der Waals surface area (Å²) in [5.41, 5.74) is 0.677. The van der Waals surface area contributed by atoms with Crippen LogP contribution in [0.4, 0.5) is 0 Å². The largest absolute Gasteiger partial charge is 0.494 e. The van der Waals surface area contributed by atoms with Gasteiger partial charge in [0.2, 0.25) is 5.91 Å². The molecule has 0 aliphatic carbocycles. The molecule has 0 saturated carbocycles. The van der Waals surface area contributed by atoms with E-state index in [0.29, 0.717) is 38.2 Å². The SMILES string of the molecule is CCCCOc1ccc(C(=O)N2CCCN(C(=O)CCC)CC2)cc1. The van der Waals surface area contributed by atoms with Crippen LogP contribution in [0.15, 0.2) is 24.3 Å². The van der Waals surface area contributed by atoms with E-state index in [1.54, 1.807) is 0 Å². The Morgan fingerprint density at radius 3 is 2.32 bits per heavy atom. The molecule has 2 amide bonds. The summed E-state index contributed by atoms with van der Waals surface area (Å²) >= 11 is 0. The lowest BCUT2D eigenvalue weighted by atomic mass is 10.2. The highest BCUT2D eigenvalue weighted by Crippen LogP contribution is 2.15. The van der Waals surface area contributed by atoms with Crippen LogP contribution in [0, 0.1) is 0 Å². The van der Waals surface area contributed by atoms with Crippen LogP contribution in [-0.2, 0) is 4.79 Å². The highest BCUT2D eigenvalue weighted by Gasteiger charge is 2.22. The fourth-order valence-electron chi connectivity index (χ4n) is 2.95. The number of ether oxygens (including phenoxy) is 1. The molecule has 0 aromatic heterocycles. The molecule has 1 saturated heterocycles. The van der Waals surface area contributed by atoms with Gasteiger partial charge >= 0.3 is 0 Å². The number of nitrogens with zero attached hydrogens (tertiary/aromatic N) is 2. The van der Waals surface area contributed by atoms with Crippen molar-refractivity contribution in [2.24, 2.45) is 0 Å². The van der Waals surface area contributed by atoms with Crippen LogP contribution in [-0.4, -0.2) is 54.4 Å². The van der Waals surface area contributed by atoms with Gasteiger partial charge < -0.3 is 14.5 Å². The standard InChI is InChI=1S/C20H30N2O3/c1-3-5-16-25-18-10-8-17(9-11-18)20(24)22-13-6-12-21(14-15-22)19(23)7-4-2/h8-11H,3-7,12-16H2,1-2H3. The molecule has 1 fully saturated rings. The lowest BCUT2D eigenvalue weighted by Crippen LogP contribution is -2.37. The number of carbonyl (C=O) groups excluding carboxylic acids is 2. The molecular weight excluding hydrogens is 316 g/mol. The molecule has 1 aromatic carbocycles. The monoisotopic (exact) mass is 346 g/mol. The van der Waals surface area contributed by atoms with E-state index >= 15 is 0 Å². The smallest absolute Gasteiger partial charge is 0.253 e. The molecule has 5 nitrogen and oxygen atoms in total. The summed E-state index contributed by atoms with van der Waals surface area (Å²) in [6.07, 6.45) is 4.42. The maximum atomic E-state index is 12.7. The Bertz CT molecular complexity index is 557. The number of carbonyl (C=O) groups is 2. The van der Waals surface area contributed by atoms with Crippen LogP contribution >= 0.6 is 0 Å². The molecule has 1 aliphatic heterocycles. The minimum Gasteiger partial charge on any atom is -0.494 e. The topological polar surface area (TPSA) is 49.9 Å². The minimum atomic E-state index is 0.0323. The first-order valence-corrected chi connectivity index (χ1v) is 9.45. The van der Waals surface area contributed by atoms with E-state index in [1.165, 1.54) is 0 Å². The number of rotatable bonds is 7. The third kappa shape index (κ3) is 5.76. The van der Waals surface area contributed by atoms with Crippen molar-refractivity contribution >= 4 is 11.8 Å². The maximum Gasteiger partial charge on any atom is 0.253 e. The number of benzene rings is 1. The van der Waals surface area contributed by atoms with Gasteiger partial charge in [0.25, 0.3) is 5.91 Å². The van der Waals surface area contributed by atoms with Crippen LogP contribution in [0.25, 0.3) is 0 Å². The molecule has 1 heterocycles. The molecule has 0 bridgehead atoms. The third-order valence-corrected chi connectivity index (χ3v) is 4.47. The number of hydrogen-bond donors (Lipinski definition) is 0. The average molecular weight is 346 g/mol. The van der Waals surface area contributed by atoms with E-state index in [0.717, 1.165) is 38.0 Å². The summed E-state index contributed by atoms with van der Waals surface area (Å²) in [7, 11) is 0. The van der Waals surface area contributed by atoms with Gasteiger partial charge in [-0.25, -0.2) is 0 Å². The van der Waals surface area contributed by atoms with Crippen molar-refractivity contribution in [2.75, 3.05) is 32.8 Å². The fourth-order valence-corrected chi connectivity index (χ4v) is 2.95. The number of amides is 2. The quantitative estimate of drug-likeness (QED) is 0.712. The summed E-state index contributed by atoms with van der Waals surface area (Å²) in [6, 6.07) is 7.37. The van der Waals surface area contributed by atoms with E-state index < -0.39 is 0 Å². The summed E-state index contributed by atoms with van der Waals surface area (Å²) in [5, 5.41) is 0. The fraction of sp³-hybridized carbons (Fsp3) is 0.600. The van der Waals surface area contributed by atoms with Gasteiger partial charge in [-0.1, -0.05) is 20.3 Å². The zero-order valence-corrected chi connectivity index (χ0v) is 15.5. The second-order valence-electron chi connectivity index (χ2n) is 6.50. The molecule has 2 rings (SSSR count). The molecule has 25 heavy (non-hydrogen) atoms. The normalized spacial score (nSPS) is 15.0. The van der Waals surface area contributed by atoms with E-state index in [4.69, 9.17) is 4.74 Å². The first-order chi connectivity index (χ1) is 12.2. The Morgan fingerprint density at radius 2 is 1.64 bits per heavy atom. The Balaban J connectivity index is 1.90. The molecule has 1 aromatic rings. The van der Waals surface area contributed by atoms with Gasteiger partial charge in [-0.3, -0.25) is 9.59 Å². The Hall–Kier alpha value is -2.04. The zero-order chi connectivity index (χ0) is 18.1. The summed E-state index contributed by atoms with van der Waals surface area (Å²) < 4.78 is 5.64. The van der Waals surface area contributed by atoms with Crippen molar-refractivity contribution < 1.29 is 14.3 Å². The van der Waals surface area contributed by atoms with Crippen LogP contribution < -0.4 is 4.74 Å². The Kier molecular flexibility index (Phi) is 7.76. The predicted molar refractivity (Wildman–Crippen MR) is 98.9 cm³/mol. The highest BCUT2D eigenvalue weighted by molar-refractivity contribution is 5.94. The van der Waals surface area contributed by atoms with Crippen LogP contribution in [0.1, 0.15) is 56.3 Å². The molecular formula is C20H30N2O3. The van der Waals surface area contributed by atoms with E-state index in [-0.39, 0.29) is 11.8 Å². The first kappa shape index (κ1) is 19.3. The van der Waals surface area contributed by atoms with E-state index in [9.17, 15) is 9.59 Å². The highest BCUT2D eigenvalue weighted by atomic mass is 16.5. The molecule has 0 unspecified atom stereocenters. The maximum absolute atomic E-state index is 12.7. The van der Waals surface area contributed by atoms with Gasteiger partial charge in [-0.05, 0) is 43.5 Å². The third-order valence-electron chi connectivity index (χ3n) is 4.47. The van der Waals surface area contributed by atoms with Gasteiger partial charge in [0.15, 0.2) is 0 Å². The van der Waals surface area contributed by atoms with Crippen molar-refractivity contribution in [2.45, 2.75) is 46.0 Å². The second-order valence-corrected chi connectivity index (χ2v) is 6.50. The summed E-state index contributed by atoms with van der Waals surface area (Å²) in [5.74, 6) is 1.03. The van der Waals surface area contributed by atoms with Crippen molar-refractivity contribution in [3.8, 4) is 5.75 Å². The molecule has 0 N–H and O–H groups in total. The summed E-state index contributed by atoms with van der Waals surface area (Å²) in [6.45, 7) is 7.52. The predicted octanol–water partition coefficient (Wildman–Crippen LogP) is 3.34. The Morgan fingerprint density at radius 1 is 0.960 bits per heavy atom. The molecule has 5 heteroatoms. The van der Waals surface area contributed by atoms with Crippen LogP contribution in [0.2, 0.25) is 0 Å². The lowest BCUT2D eigenvalue weighted by molar-refractivity contribution is -0.131. The molecule has 0 atom stereocenters. The van der Waals surface area contributed by atoms with Crippen LogP contribution in [0.5, 0.6) is 5.75 Å². The number of hydrogen-bond acceptors (Lipinski definition) is 3. The molecule has 1 aliphatic rings. The van der Waals surface area contributed by atoms with E-state index in [1.807, 2.05) is 41.0 Å². The number of unbranched alkanes of at least 4 members (excludes halogenated alkanes) is 1. The van der Waals surface area contributed by atoms with Crippen molar-refractivity contribution in [1.29, 1.82) is 0 Å². The summed E-state index contributed by atoms with van der Waals surface area (Å²) in [4.78, 5) is 28.5. The van der Waals surface area contributed by atoms with Gasteiger partial charge in [0.05, 0.1) is 6.61 Å². The lowest BCUT2D eigenvalue weighted by Gasteiger charge is -2.22. The average Bonchev–Trinajstić information content (AvgIpc) is 2.88. The van der Waals surface area contributed by atoms with Gasteiger partial charge in [-0.15, -0.1) is 0 Å².